The first-order valence-corrected chi connectivity index (χ1v) is 15.8. The molecule has 52 heavy (non-hydrogen) atoms. The number of aliphatic hydroxyl groups excluding tert-OH is 12. The Morgan fingerprint density at radius 3 is 1.25 bits per heavy atom. The van der Waals surface area contributed by atoms with Gasteiger partial charge in [-0.05, 0) is 0 Å². The predicted octanol–water partition coefficient (Wildman–Crippen LogP) is -16.1. The predicted molar refractivity (Wildman–Crippen MR) is 153 cm³/mol. The third kappa shape index (κ3) is 16.4. The van der Waals surface area contributed by atoms with Crippen molar-refractivity contribution in [2.45, 2.75) is 48.8 Å². The summed E-state index contributed by atoms with van der Waals surface area (Å²) >= 11 is -4.02. The first kappa shape index (κ1) is 60.3. The molecule has 0 spiro atoms. The standard InChI is InChI=1S/C12H18GeO11.2C6H10O5.2Na.4H2O/c14-1-5(16)10-9(19)8(4-22-10)23-13(20)24-12-7(18)3-21-11(12)6(17)2-15;2*7-1-3(8)6-5(10)4(9)2-11-6;;;;;;/h5-6,10-11,14-19H,1-4H2;2*3,6-10H,1-2H2;;;4*1H2/q;;;2*+1;;;;/p-2. The van der Waals surface area contributed by atoms with Crippen LogP contribution in [0.5, 0.6) is 0 Å². The van der Waals surface area contributed by atoms with Gasteiger partial charge in [0, 0.05) is 0 Å². The Kier molecular flexibility index (Phi) is 34.1. The maximum atomic E-state index is 12.0. The molecule has 296 valence electrons. The number of rotatable bonds is 12. The Bertz CT molecular complexity index is 1130. The zero-order valence-electron chi connectivity index (χ0n) is 27.8. The van der Waals surface area contributed by atoms with E-state index < -0.39 is 125 Å². The molecule has 0 aromatic carbocycles. The zero-order chi connectivity index (χ0) is 34.7. The Morgan fingerprint density at radius 2 is 0.904 bits per heavy atom. The van der Waals surface area contributed by atoms with Gasteiger partial charge in [0.2, 0.25) is 0 Å². The SMILES string of the molecule is O.O.O.O.[Na+].[Na+].[O-]C1=C(O)C(C(O)CO)OC1.[O-]C1=C(O)C(C(O)CO)OC1.[O]=[Ge]([O]C1=C(O)C(C(O)CO)OC1)[O]C1=C(O)COC1C(O)CO. The summed E-state index contributed by atoms with van der Waals surface area (Å²) in [6.45, 7) is -3.44. The van der Waals surface area contributed by atoms with Crippen LogP contribution in [0, 0.1) is 0 Å². The van der Waals surface area contributed by atoms with E-state index in [1.807, 2.05) is 0 Å². The molecule has 0 aromatic rings. The summed E-state index contributed by atoms with van der Waals surface area (Å²) in [5.41, 5.74) is 0. The second kappa shape index (κ2) is 29.4. The summed E-state index contributed by atoms with van der Waals surface area (Å²) < 4.78 is 41.4. The minimum absolute atomic E-state index is 0. The van der Waals surface area contributed by atoms with Gasteiger partial charge in [-0.1, -0.05) is 11.5 Å². The summed E-state index contributed by atoms with van der Waals surface area (Å²) in [4.78, 5) is 0. The van der Waals surface area contributed by atoms with E-state index >= 15 is 0 Å². The molecule has 4 rings (SSSR count). The third-order valence-corrected chi connectivity index (χ3v) is 8.01. The van der Waals surface area contributed by atoms with E-state index in [0.29, 0.717) is 0 Å². The van der Waals surface area contributed by atoms with Gasteiger partial charge in [-0.3, -0.25) is 0 Å². The second-order valence-corrected chi connectivity index (χ2v) is 11.5. The van der Waals surface area contributed by atoms with Crippen molar-refractivity contribution in [2.75, 3.05) is 52.9 Å². The van der Waals surface area contributed by atoms with Gasteiger partial charge < -0.3 is 72.2 Å². The van der Waals surface area contributed by atoms with E-state index in [1.54, 1.807) is 0 Å². The molecular weight excluding hydrogens is 807 g/mol. The summed E-state index contributed by atoms with van der Waals surface area (Å²) in [6, 6.07) is 0. The molecule has 20 N–H and O–H groups in total. The fourth-order valence-electron chi connectivity index (χ4n) is 3.87. The van der Waals surface area contributed by atoms with E-state index in [9.17, 15) is 34.4 Å². The van der Waals surface area contributed by atoms with E-state index in [2.05, 4.69) is 9.47 Å². The van der Waals surface area contributed by atoms with Crippen molar-refractivity contribution in [3.8, 4) is 0 Å². The van der Waals surface area contributed by atoms with E-state index in [4.69, 9.17) is 57.9 Å². The van der Waals surface area contributed by atoms with Crippen molar-refractivity contribution in [1.29, 1.82) is 0 Å². The summed E-state index contributed by atoms with van der Waals surface area (Å²) in [5.74, 6) is -3.55. The molecule has 0 aromatic heterocycles. The van der Waals surface area contributed by atoms with Crippen LogP contribution in [0.15, 0.2) is 46.1 Å². The van der Waals surface area contributed by atoms with Gasteiger partial charge in [0.05, 0.1) is 26.4 Å². The van der Waals surface area contributed by atoms with Crippen LogP contribution < -0.4 is 69.3 Å². The first-order valence-electron chi connectivity index (χ1n) is 13.3. The molecule has 25 nitrogen and oxygen atoms in total. The van der Waals surface area contributed by atoms with Crippen molar-refractivity contribution >= 4 is 15.0 Å². The van der Waals surface area contributed by atoms with Crippen molar-refractivity contribution in [3.05, 3.63) is 46.1 Å². The molecule has 8 unspecified atom stereocenters. The van der Waals surface area contributed by atoms with Crippen molar-refractivity contribution in [1.82, 2.24) is 0 Å². The number of hydrogen-bond donors (Lipinski definition) is 12. The van der Waals surface area contributed by atoms with Crippen LogP contribution in [-0.2, 0) is 30.3 Å². The molecule has 0 saturated heterocycles. The molecule has 4 aliphatic heterocycles. The van der Waals surface area contributed by atoms with E-state index in [-0.39, 0.29) is 119 Å². The molecule has 4 heterocycles. The van der Waals surface area contributed by atoms with Crippen molar-refractivity contribution in [2.24, 2.45) is 0 Å². The Morgan fingerprint density at radius 1 is 0.577 bits per heavy atom. The van der Waals surface area contributed by atoms with Crippen LogP contribution in [0.3, 0.4) is 0 Å². The monoisotopic (exact) mass is 852 g/mol. The molecule has 0 fully saturated rings. The van der Waals surface area contributed by atoms with Gasteiger partial charge in [0.25, 0.3) is 0 Å². The van der Waals surface area contributed by atoms with Crippen LogP contribution in [0.25, 0.3) is 0 Å². The minimum atomic E-state index is -4.02. The fourth-order valence-corrected chi connectivity index (χ4v) is 5.59. The van der Waals surface area contributed by atoms with Crippen molar-refractivity contribution in [3.63, 3.8) is 0 Å². The quantitative estimate of drug-likeness (QED) is 0.0811. The van der Waals surface area contributed by atoms with Gasteiger partial charge in [-0.25, -0.2) is 0 Å². The van der Waals surface area contributed by atoms with Crippen LogP contribution in [0.4, 0.5) is 0 Å². The van der Waals surface area contributed by atoms with Crippen molar-refractivity contribution < 1.29 is 183 Å². The first-order chi connectivity index (χ1) is 21.7. The van der Waals surface area contributed by atoms with Gasteiger partial charge in [0.1, 0.15) is 35.9 Å². The molecular formula is C24H44GeNa2O25. The Balaban J connectivity index is -0.000000224. The van der Waals surface area contributed by atoms with Gasteiger partial charge >= 0.3 is 199 Å². The van der Waals surface area contributed by atoms with E-state index in [0.717, 1.165) is 0 Å². The number of hydrogen-bond acceptors (Lipinski definition) is 21. The zero-order valence-corrected chi connectivity index (χ0v) is 33.9. The van der Waals surface area contributed by atoms with Gasteiger partial charge in [-0.2, -0.15) is 0 Å². The Labute approximate surface area is 343 Å². The summed E-state index contributed by atoms with van der Waals surface area (Å²) in [6.07, 6.45) is -9.70. The molecule has 0 radical (unpaired) electrons. The molecule has 0 amide bonds. The Hall–Kier alpha value is -0.937. The van der Waals surface area contributed by atoms with Crippen LogP contribution in [-0.4, -0.2) is 200 Å². The molecule has 8 atom stereocenters. The second-order valence-electron chi connectivity index (χ2n) is 9.62. The maximum absolute atomic E-state index is 12.0. The fraction of sp³-hybridized carbons (Fsp3) is 0.667. The third-order valence-electron chi connectivity index (χ3n) is 6.34. The van der Waals surface area contributed by atoms with Crippen LogP contribution in [0.2, 0.25) is 0 Å². The molecule has 0 aliphatic carbocycles. The van der Waals surface area contributed by atoms with Gasteiger partial charge in [0.15, 0.2) is 0 Å². The average Bonchev–Trinajstić information content (AvgIpc) is 3.79. The van der Waals surface area contributed by atoms with Crippen LogP contribution in [0.1, 0.15) is 0 Å². The topological polar surface area (TPSA) is 487 Å². The molecule has 0 bridgehead atoms. The van der Waals surface area contributed by atoms with Gasteiger partial charge in [-0.15, -0.1) is 0 Å². The average molecular weight is 851 g/mol. The number of ether oxygens (including phenoxy) is 4. The number of aliphatic hydroxyl groups is 12. The molecule has 0 saturated carbocycles. The van der Waals surface area contributed by atoms with Crippen LogP contribution >= 0.6 is 0 Å². The molecule has 28 heteroatoms. The van der Waals surface area contributed by atoms with E-state index in [1.165, 1.54) is 0 Å². The normalized spacial score (nSPS) is 24.0. The molecule has 4 aliphatic rings. The summed E-state index contributed by atoms with van der Waals surface area (Å²) in [7, 11) is 0. The summed E-state index contributed by atoms with van der Waals surface area (Å²) in [5, 5.41) is 130.